The minimum atomic E-state index is 0.808. The summed E-state index contributed by atoms with van der Waals surface area (Å²) in [5, 5.41) is 4.23. The van der Waals surface area contributed by atoms with Crippen molar-refractivity contribution >= 4 is 11.6 Å². The first kappa shape index (κ1) is 13.7. The van der Waals surface area contributed by atoms with Crippen LogP contribution in [0.15, 0.2) is 18.2 Å². The van der Waals surface area contributed by atoms with E-state index in [1.54, 1.807) is 7.11 Å². The molecule has 0 bridgehead atoms. The maximum Gasteiger partial charge on any atom is 0.120 e. The van der Waals surface area contributed by atoms with Crippen LogP contribution in [0.25, 0.3) is 0 Å². The van der Waals surface area contributed by atoms with Gasteiger partial charge in [0.05, 0.1) is 7.11 Å². The summed E-state index contributed by atoms with van der Waals surface area (Å²) in [6.45, 7) is 5.62. The molecule has 0 amide bonds. The van der Waals surface area contributed by atoms with Crippen molar-refractivity contribution in [1.29, 1.82) is 0 Å². The van der Waals surface area contributed by atoms with Gasteiger partial charge in [0.15, 0.2) is 0 Å². The highest BCUT2D eigenvalue weighted by molar-refractivity contribution is 6.31. The highest BCUT2D eigenvalue weighted by Crippen LogP contribution is 2.22. The largest absolute Gasteiger partial charge is 0.497 e. The van der Waals surface area contributed by atoms with Gasteiger partial charge in [0.1, 0.15) is 5.75 Å². The molecular weight excluding hydrogens is 248 g/mol. The monoisotopic (exact) mass is 268 g/mol. The number of halogens is 1. The number of rotatable bonds is 4. The lowest BCUT2D eigenvalue weighted by atomic mass is 10.1. The van der Waals surface area contributed by atoms with E-state index in [2.05, 4.69) is 16.3 Å². The first-order valence-electron chi connectivity index (χ1n) is 6.55. The van der Waals surface area contributed by atoms with Crippen LogP contribution in [0.2, 0.25) is 5.02 Å². The number of nitrogens with one attached hydrogen (secondary N) is 1. The summed E-state index contributed by atoms with van der Waals surface area (Å²) in [5.41, 5.74) is 1.20. The number of nitrogens with zero attached hydrogens (tertiary/aromatic N) is 1. The Morgan fingerprint density at radius 3 is 3.00 bits per heavy atom. The first-order chi connectivity index (χ1) is 8.79. The van der Waals surface area contributed by atoms with Crippen LogP contribution in [0.1, 0.15) is 12.0 Å². The van der Waals surface area contributed by atoms with Gasteiger partial charge >= 0.3 is 0 Å². The smallest absolute Gasteiger partial charge is 0.120 e. The topological polar surface area (TPSA) is 24.5 Å². The van der Waals surface area contributed by atoms with Gasteiger partial charge in [-0.3, -0.25) is 0 Å². The van der Waals surface area contributed by atoms with Crippen molar-refractivity contribution in [3.05, 3.63) is 28.8 Å². The summed E-state index contributed by atoms with van der Waals surface area (Å²) < 4.78 is 5.16. The molecule has 0 spiro atoms. The Morgan fingerprint density at radius 2 is 2.22 bits per heavy atom. The molecular formula is C14H21ClN2O. The van der Waals surface area contributed by atoms with E-state index in [0.29, 0.717) is 0 Å². The molecule has 0 aliphatic carbocycles. The summed E-state index contributed by atoms with van der Waals surface area (Å²) in [6.07, 6.45) is 2.24. The molecule has 0 radical (unpaired) electrons. The van der Waals surface area contributed by atoms with Crippen LogP contribution in [-0.4, -0.2) is 44.7 Å². The molecule has 2 rings (SSSR count). The lowest BCUT2D eigenvalue weighted by Crippen LogP contribution is -2.30. The van der Waals surface area contributed by atoms with Crippen LogP contribution in [0.5, 0.6) is 5.75 Å². The number of ether oxygens (including phenoxy) is 1. The average molecular weight is 269 g/mol. The standard InChI is InChI=1S/C14H21ClN2O/c1-18-13-4-3-12(14(15)11-13)5-9-17-8-2-6-16-7-10-17/h3-4,11,16H,2,5-10H2,1H3. The molecule has 1 aromatic carbocycles. The Balaban J connectivity index is 1.88. The molecule has 1 aliphatic rings. The fourth-order valence-corrected chi connectivity index (χ4v) is 2.53. The van der Waals surface area contributed by atoms with E-state index in [9.17, 15) is 0 Å². The van der Waals surface area contributed by atoms with Crippen LogP contribution >= 0.6 is 11.6 Å². The van der Waals surface area contributed by atoms with Crippen molar-refractivity contribution in [2.24, 2.45) is 0 Å². The molecule has 1 aromatic rings. The Labute approximate surface area is 114 Å². The van der Waals surface area contributed by atoms with Gasteiger partial charge in [-0.1, -0.05) is 17.7 Å². The Hall–Kier alpha value is -0.770. The van der Waals surface area contributed by atoms with E-state index in [1.165, 1.54) is 18.5 Å². The quantitative estimate of drug-likeness (QED) is 0.906. The summed E-state index contributed by atoms with van der Waals surface area (Å²) in [6, 6.07) is 5.93. The van der Waals surface area contributed by atoms with Gasteiger partial charge in [0.2, 0.25) is 0 Å². The zero-order chi connectivity index (χ0) is 12.8. The van der Waals surface area contributed by atoms with Gasteiger partial charge in [-0.2, -0.15) is 0 Å². The van der Waals surface area contributed by atoms with Crippen molar-refractivity contribution in [3.63, 3.8) is 0 Å². The van der Waals surface area contributed by atoms with Gasteiger partial charge in [-0.25, -0.2) is 0 Å². The number of hydrogen-bond donors (Lipinski definition) is 1. The predicted molar refractivity (Wildman–Crippen MR) is 75.6 cm³/mol. The van der Waals surface area contributed by atoms with Crippen molar-refractivity contribution in [2.45, 2.75) is 12.8 Å². The molecule has 100 valence electrons. The third-order valence-electron chi connectivity index (χ3n) is 3.39. The van der Waals surface area contributed by atoms with E-state index < -0.39 is 0 Å². The second-order valence-corrected chi connectivity index (χ2v) is 5.06. The second-order valence-electron chi connectivity index (χ2n) is 4.65. The zero-order valence-corrected chi connectivity index (χ0v) is 11.7. The van der Waals surface area contributed by atoms with Crippen LogP contribution < -0.4 is 10.1 Å². The van der Waals surface area contributed by atoms with Gasteiger partial charge in [0, 0.05) is 24.7 Å². The third kappa shape index (κ3) is 3.87. The molecule has 1 N–H and O–H groups in total. The number of hydrogen-bond acceptors (Lipinski definition) is 3. The normalized spacial score (nSPS) is 17.4. The highest BCUT2D eigenvalue weighted by atomic mass is 35.5. The molecule has 1 aliphatic heterocycles. The molecule has 1 saturated heterocycles. The summed E-state index contributed by atoms with van der Waals surface area (Å²) in [4.78, 5) is 2.50. The van der Waals surface area contributed by atoms with Crippen molar-refractivity contribution < 1.29 is 4.74 Å². The van der Waals surface area contributed by atoms with Crippen LogP contribution in [0, 0.1) is 0 Å². The van der Waals surface area contributed by atoms with Crippen molar-refractivity contribution in [2.75, 3.05) is 39.8 Å². The number of benzene rings is 1. The van der Waals surface area contributed by atoms with Gasteiger partial charge < -0.3 is 15.0 Å². The minimum Gasteiger partial charge on any atom is -0.497 e. The Bertz CT molecular complexity index is 376. The fraction of sp³-hybridized carbons (Fsp3) is 0.571. The van der Waals surface area contributed by atoms with E-state index >= 15 is 0 Å². The molecule has 0 aromatic heterocycles. The molecule has 0 atom stereocenters. The van der Waals surface area contributed by atoms with Crippen LogP contribution in [-0.2, 0) is 6.42 Å². The minimum absolute atomic E-state index is 0.808. The molecule has 4 heteroatoms. The van der Waals surface area contributed by atoms with E-state index in [1.807, 2.05) is 12.1 Å². The molecule has 0 unspecified atom stereocenters. The third-order valence-corrected chi connectivity index (χ3v) is 3.74. The first-order valence-corrected chi connectivity index (χ1v) is 6.93. The molecule has 1 fully saturated rings. The zero-order valence-electron chi connectivity index (χ0n) is 10.9. The summed E-state index contributed by atoms with van der Waals surface area (Å²) >= 11 is 6.25. The van der Waals surface area contributed by atoms with E-state index in [4.69, 9.17) is 16.3 Å². The second kappa shape index (κ2) is 6.98. The molecule has 18 heavy (non-hydrogen) atoms. The lowest BCUT2D eigenvalue weighted by molar-refractivity contribution is 0.296. The predicted octanol–water partition coefficient (Wildman–Crippen LogP) is 2.19. The van der Waals surface area contributed by atoms with Crippen molar-refractivity contribution in [3.8, 4) is 5.75 Å². The summed E-state index contributed by atoms with van der Waals surface area (Å²) in [5.74, 6) is 0.822. The highest BCUT2D eigenvalue weighted by Gasteiger charge is 2.09. The molecule has 3 nitrogen and oxygen atoms in total. The Kier molecular flexibility index (Phi) is 5.29. The SMILES string of the molecule is COc1ccc(CCN2CCCNCC2)c(Cl)c1. The summed E-state index contributed by atoms with van der Waals surface area (Å²) in [7, 11) is 1.66. The van der Waals surface area contributed by atoms with Gasteiger partial charge in [0.25, 0.3) is 0 Å². The van der Waals surface area contributed by atoms with Gasteiger partial charge in [-0.15, -0.1) is 0 Å². The molecule has 1 heterocycles. The van der Waals surface area contributed by atoms with Gasteiger partial charge in [-0.05, 0) is 43.6 Å². The maximum absolute atomic E-state index is 6.25. The Morgan fingerprint density at radius 1 is 1.33 bits per heavy atom. The van der Waals surface area contributed by atoms with E-state index in [-0.39, 0.29) is 0 Å². The van der Waals surface area contributed by atoms with Crippen LogP contribution in [0.3, 0.4) is 0 Å². The van der Waals surface area contributed by atoms with Crippen LogP contribution in [0.4, 0.5) is 0 Å². The fourth-order valence-electron chi connectivity index (χ4n) is 2.26. The maximum atomic E-state index is 6.25. The average Bonchev–Trinajstić information content (AvgIpc) is 2.66. The van der Waals surface area contributed by atoms with E-state index in [0.717, 1.165) is 43.4 Å². The lowest BCUT2D eigenvalue weighted by Gasteiger charge is -2.19. The number of methoxy groups -OCH3 is 1. The molecule has 0 saturated carbocycles. The van der Waals surface area contributed by atoms with Crippen molar-refractivity contribution in [1.82, 2.24) is 10.2 Å².